The van der Waals surface area contributed by atoms with Crippen LogP contribution in [0.15, 0.2) is 0 Å². The first-order valence-electron chi connectivity index (χ1n) is 6.04. The molecule has 0 rings (SSSR count). The van der Waals surface area contributed by atoms with Gasteiger partial charge in [0.15, 0.2) is 0 Å². The molecule has 0 aliphatic carbocycles. The van der Waals surface area contributed by atoms with Crippen molar-refractivity contribution in [3.8, 4) is 0 Å². The first kappa shape index (κ1) is 18.8. The van der Waals surface area contributed by atoms with Gasteiger partial charge in [0.2, 0.25) is 0 Å². The van der Waals surface area contributed by atoms with Crippen molar-refractivity contribution in [1.82, 2.24) is 0 Å². The van der Waals surface area contributed by atoms with Crippen LogP contribution in [0.3, 0.4) is 0 Å². The Balaban J connectivity index is 4.11. The highest BCUT2D eigenvalue weighted by Crippen LogP contribution is 2.04. The molecule has 0 aromatic rings. The third kappa shape index (κ3) is 12.5. The molecule has 8 heteroatoms. The minimum atomic E-state index is -4.33. The lowest BCUT2D eigenvalue weighted by Gasteiger charge is -2.20. The van der Waals surface area contributed by atoms with E-state index in [-0.39, 0.29) is 25.9 Å². The quantitative estimate of drug-likeness (QED) is 0.517. The van der Waals surface area contributed by atoms with Crippen LogP contribution in [0.4, 0.5) is 0 Å². The highest BCUT2D eigenvalue weighted by atomic mass is 32.2. The van der Waals surface area contributed by atoms with Crippen molar-refractivity contribution < 1.29 is 32.3 Å². The molecular weight excluding hydrogens is 276 g/mol. The summed E-state index contributed by atoms with van der Waals surface area (Å²) in [6, 6.07) is 0. The predicted octanol–water partition coefficient (Wildman–Crippen LogP) is -0.403. The van der Waals surface area contributed by atoms with Gasteiger partial charge in [0, 0.05) is 18.8 Å². The van der Waals surface area contributed by atoms with E-state index < -0.39 is 27.9 Å². The molecule has 0 fully saturated rings. The van der Waals surface area contributed by atoms with Crippen LogP contribution in [0.1, 0.15) is 13.8 Å². The zero-order valence-corrected chi connectivity index (χ0v) is 12.4. The number of ether oxygens (including phenoxy) is 3. The monoisotopic (exact) mass is 299 g/mol. The van der Waals surface area contributed by atoms with Crippen molar-refractivity contribution in [2.24, 2.45) is 5.92 Å². The largest absolute Gasteiger partial charge is 0.748 e. The molecule has 1 N–H and O–H groups in total. The number of methoxy groups -OCH3 is 1. The molecule has 116 valence electrons. The highest BCUT2D eigenvalue weighted by Gasteiger charge is 2.14. The van der Waals surface area contributed by atoms with E-state index >= 15 is 0 Å². The molecule has 0 aromatic heterocycles. The van der Waals surface area contributed by atoms with E-state index in [4.69, 9.17) is 19.3 Å². The Kier molecular flexibility index (Phi) is 9.50. The number of aliphatic hydroxyl groups is 1. The molecule has 0 aliphatic rings. The lowest BCUT2D eigenvalue weighted by molar-refractivity contribution is -0.0162. The summed E-state index contributed by atoms with van der Waals surface area (Å²) in [5.41, 5.74) is 0. The summed E-state index contributed by atoms with van der Waals surface area (Å²) < 4.78 is 47.6. The molecule has 0 aromatic carbocycles. The second kappa shape index (κ2) is 9.62. The van der Waals surface area contributed by atoms with Gasteiger partial charge in [0.1, 0.15) is 0 Å². The fraction of sp³-hybridized carbons (Fsp3) is 1.00. The Hall–Kier alpha value is -0.250. The number of hydrogen-bond acceptors (Lipinski definition) is 7. The van der Waals surface area contributed by atoms with Crippen molar-refractivity contribution in [3.05, 3.63) is 0 Å². The zero-order valence-electron chi connectivity index (χ0n) is 11.6. The maximum atomic E-state index is 10.8. The average molecular weight is 299 g/mol. The number of aliphatic hydroxyl groups excluding tert-OH is 1. The Morgan fingerprint density at radius 3 is 2.05 bits per heavy atom. The number of hydrogen-bond donors (Lipinski definition) is 1. The molecule has 0 amide bonds. The molecular formula is C11H23O7S-. The summed E-state index contributed by atoms with van der Waals surface area (Å²) >= 11 is 0. The molecule has 0 aliphatic heterocycles. The normalized spacial score (nSPS) is 17.1. The van der Waals surface area contributed by atoms with Gasteiger partial charge in [-0.15, -0.1) is 0 Å². The Morgan fingerprint density at radius 2 is 1.63 bits per heavy atom. The van der Waals surface area contributed by atoms with Gasteiger partial charge >= 0.3 is 0 Å². The fourth-order valence-electron chi connectivity index (χ4n) is 1.31. The smallest absolute Gasteiger partial charge is 0.0950 e. The Bertz CT molecular complexity index is 315. The highest BCUT2D eigenvalue weighted by molar-refractivity contribution is 7.85. The Morgan fingerprint density at radius 1 is 1.11 bits per heavy atom. The molecule has 0 heterocycles. The van der Waals surface area contributed by atoms with Crippen LogP contribution in [0.2, 0.25) is 0 Å². The third-order valence-corrected chi connectivity index (χ3v) is 3.14. The first-order chi connectivity index (χ1) is 8.74. The van der Waals surface area contributed by atoms with Crippen molar-refractivity contribution in [2.75, 3.05) is 39.3 Å². The van der Waals surface area contributed by atoms with Gasteiger partial charge in [0.05, 0.1) is 48.8 Å². The topological polar surface area (TPSA) is 105 Å². The van der Waals surface area contributed by atoms with E-state index in [2.05, 4.69) is 0 Å². The van der Waals surface area contributed by atoms with E-state index in [9.17, 15) is 13.0 Å². The molecule has 0 saturated heterocycles. The van der Waals surface area contributed by atoms with E-state index in [1.54, 1.807) is 14.0 Å². The van der Waals surface area contributed by atoms with Crippen LogP contribution in [0.25, 0.3) is 0 Å². The lowest BCUT2D eigenvalue weighted by atomic mass is 10.2. The van der Waals surface area contributed by atoms with E-state index in [0.717, 1.165) is 0 Å². The molecule has 3 atom stereocenters. The summed E-state index contributed by atoms with van der Waals surface area (Å²) in [5.74, 6) is -1.10. The third-order valence-electron chi connectivity index (χ3n) is 2.26. The van der Waals surface area contributed by atoms with Crippen molar-refractivity contribution in [3.63, 3.8) is 0 Å². The van der Waals surface area contributed by atoms with Gasteiger partial charge in [-0.05, 0) is 13.8 Å². The van der Waals surface area contributed by atoms with Crippen LogP contribution >= 0.6 is 0 Å². The molecule has 0 radical (unpaired) electrons. The van der Waals surface area contributed by atoms with Crippen LogP contribution in [-0.4, -0.2) is 69.6 Å². The Labute approximate surface area is 114 Å². The SMILES string of the molecule is COC(C)COCC(COCC(C)O)CS(=O)(=O)[O-]. The molecule has 19 heavy (non-hydrogen) atoms. The van der Waals surface area contributed by atoms with Crippen molar-refractivity contribution in [2.45, 2.75) is 26.1 Å². The van der Waals surface area contributed by atoms with Gasteiger partial charge in [-0.3, -0.25) is 0 Å². The summed E-state index contributed by atoms with van der Waals surface area (Å²) in [7, 11) is -2.79. The van der Waals surface area contributed by atoms with Crippen LogP contribution < -0.4 is 0 Å². The maximum absolute atomic E-state index is 10.8. The van der Waals surface area contributed by atoms with Crippen molar-refractivity contribution >= 4 is 10.1 Å². The second-order valence-corrected chi connectivity index (χ2v) is 6.01. The summed E-state index contributed by atoms with van der Waals surface area (Å²) in [6.07, 6.45) is -0.748. The minimum absolute atomic E-state index is 0.0493. The first-order valence-corrected chi connectivity index (χ1v) is 7.62. The molecule has 7 nitrogen and oxygen atoms in total. The van der Waals surface area contributed by atoms with Gasteiger partial charge in [0.25, 0.3) is 0 Å². The lowest BCUT2D eigenvalue weighted by Crippen LogP contribution is -2.28. The van der Waals surface area contributed by atoms with E-state index in [1.165, 1.54) is 0 Å². The zero-order chi connectivity index (χ0) is 14.9. The maximum Gasteiger partial charge on any atom is 0.0950 e. The summed E-state index contributed by atoms with van der Waals surface area (Å²) in [4.78, 5) is 0. The molecule has 3 unspecified atom stereocenters. The van der Waals surface area contributed by atoms with Gasteiger partial charge in [-0.25, -0.2) is 8.42 Å². The van der Waals surface area contributed by atoms with Crippen LogP contribution in [-0.2, 0) is 24.3 Å². The van der Waals surface area contributed by atoms with E-state index in [1.807, 2.05) is 6.92 Å². The summed E-state index contributed by atoms with van der Waals surface area (Å²) in [5, 5.41) is 9.03. The van der Waals surface area contributed by atoms with Gasteiger partial charge in [-0.2, -0.15) is 0 Å². The molecule has 0 bridgehead atoms. The second-order valence-electron chi connectivity index (χ2n) is 4.56. The standard InChI is InChI=1S/C11H24O7S/c1-9(12)4-17-6-11(8-19(13,14)15)7-18-5-10(2)16-3/h9-12H,4-8H2,1-3H3,(H,13,14,15)/p-1. The van der Waals surface area contributed by atoms with Crippen molar-refractivity contribution in [1.29, 1.82) is 0 Å². The molecule has 0 spiro atoms. The average Bonchev–Trinajstić information content (AvgIpc) is 2.25. The summed E-state index contributed by atoms with van der Waals surface area (Å²) in [6.45, 7) is 3.90. The molecule has 0 saturated carbocycles. The van der Waals surface area contributed by atoms with E-state index in [0.29, 0.717) is 6.61 Å². The minimum Gasteiger partial charge on any atom is -0.748 e. The van der Waals surface area contributed by atoms with Gasteiger partial charge in [-0.1, -0.05) is 0 Å². The van der Waals surface area contributed by atoms with Crippen LogP contribution in [0, 0.1) is 5.92 Å². The number of rotatable bonds is 11. The van der Waals surface area contributed by atoms with Gasteiger partial charge < -0.3 is 23.9 Å². The fourth-order valence-corrected chi connectivity index (χ4v) is 2.08. The van der Waals surface area contributed by atoms with Crippen LogP contribution in [0.5, 0.6) is 0 Å². The predicted molar refractivity (Wildman–Crippen MR) is 67.8 cm³/mol.